The predicted molar refractivity (Wildman–Crippen MR) is 129 cm³/mol. The van der Waals surface area contributed by atoms with Crippen molar-refractivity contribution in [2.24, 2.45) is 11.3 Å². The van der Waals surface area contributed by atoms with Crippen LogP contribution in [-0.4, -0.2) is 5.78 Å². The van der Waals surface area contributed by atoms with E-state index >= 15 is 0 Å². The van der Waals surface area contributed by atoms with Crippen LogP contribution in [0.3, 0.4) is 0 Å². The Morgan fingerprint density at radius 1 is 1.24 bits per heavy atom. The highest BCUT2D eigenvalue weighted by molar-refractivity contribution is 7.28. The summed E-state index contributed by atoms with van der Waals surface area (Å²) in [5.41, 5.74) is 3.91. The minimum Gasteiger partial charge on any atom is -0.453 e. The van der Waals surface area contributed by atoms with Gasteiger partial charge >= 0.3 is 0 Å². The molecule has 1 atom stereocenters. The molecular formula is C25H32ClO2P. The van der Waals surface area contributed by atoms with Crippen LogP contribution in [0.4, 0.5) is 0 Å². The van der Waals surface area contributed by atoms with E-state index in [0.717, 1.165) is 44.1 Å². The van der Waals surface area contributed by atoms with Crippen LogP contribution in [-0.2, 0) is 0 Å². The molecule has 1 aromatic carbocycles. The zero-order chi connectivity index (χ0) is 21.9. The van der Waals surface area contributed by atoms with Crippen LogP contribution in [0.2, 0.25) is 5.02 Å². The lowest BCUT2D eigenvalue weighted by atomic mass is 9.84. The van der Waals surface area contributed by atoms with E-state index in [4.69, 9.17) is 16.0 Å². The average molecular weight is 431 g/mol. The summed E-state index contributed by atoms with van der Waals surface area (Å²) in [6, 6.07) is 7.89. The molecular weight excluding hydrogens is 399 g/mol. The van der Waals surface area contributed by atoms with Crippen molar-refractivity contribution in [1.29, 1.82) is 0 Å². The number of carbonyl (C=O) groups is 1. The van der Waals surface area contributed by atoms with Crippen LogP contribution in [0.1, 0.15) is 71.0 Å². The van der Waals surface area contributed by atoms with Gasteiger partial charge in [0, 0.05) is 21.7 Å². The topological polar surface area (TPSA) is 30.2 Å². The fraction of sp³-hybridized carbons (Fsp3) is 0.400. The summed E-state index contributed by atoms with van der Waals surface area (Å²) in [4.78, 5) is 12.6. The minimum atomic E-state index is -0.163. The lowest BCUT2D eigenvalue weighted by Gasteiger charge is -2.20. The number of halogens is 1. The Balaban J connectivity index is 2.81. The number of ketones is 1. The molecule has 0 amide bonds. The highest BCUT2D eigenvalue weighted by Crippen LogP contribution is 2.30. The van der Waals surface area contributed by atoms with Crippen molar-refractivity contribution < 1.29 is 9.21 Å². The molecule has 156 valence electrons. The Bertz CT molecular complexity index is 1050. The third-order valence-corrected chi connectivity index (χ3v) is 5.82. The van der Waals surface area contributed by atoms with Crippen LogP contribution in [0, 0.1) is 11.3 Å². The molecule has 2 aromatic rings. The first-order chi connectivity index (χ1) is 13.5. The van der Waals surface area contributed by atoms with E-state index < -0.39 is 0 Å². The van der Waals surface area contributed by atoms with Crippen molar-refractivity contribution in [1.82, 2.24) is 0 Å². The standard InChI is InChI=1S/C25H32ClO2P/c1-8-9-18-13-21(23(27)15(2)3)28-24(18)19(25(5,6)7)12-16(4)17-10-11-20(26)22(29)14-17/h9-15H,8,29H2,1-7H3/b16-12+,18-9+,24-19-. The minimum absolute atomic E-state index is 0.0290. The first-order valence-electron chi connectivity index (χ1n) is 10.1. The summed E-state index contributed by atoms with van der Waals surface area (Å²) >= 11 is 6.18. The Morgan fingerprint density at radius 2 is 1.90 bits per heavy atom. The number of benzene rings is 1. The van der Waals surface area contributed by atoms with Crippen molar-refractivity contribution in [3.05, 3.63) is 57.3 Å². The number of allylic oxidation sites excluding steroid dienone is 2. The van der Waals surface area contributed by atoms with Crippen molar-refractivity contribution in [2.45, 2.75) is 54.9 Å². The summed E-state index contributed by atoms with van der Waals surface area (Å²) in [5.74, 6) is 0.357. The quantitative estimate of drug-likeness (QED) is 0.445. The predicted octanol–water partition coefficient (Wildman–Crippen LogP) is 5.76. The maximum Gasteiger partial charge on any atom is 0.200 e. The van der Waals surface area contributed by atoms with Gasteiger partial charge in [0.2, 0.25) is 5.78 Å². The summed E-state index contributed by atoms with van der Waals surface area (Å²) in [6.07, 6.45) is 5.16. The first-order valence-corrected chi connectivity index (χ1v) is 11.0. The summed E-state index contributed by atoms with van der Waals surface area (Å²) in [6.45, 7) is 14.5. The van der Waals surface area contributed by atoms with Crippen molar-refractivity contribution in [2.75, 3.05) is 0 Å². The van der Waals surface area contributed by atoms with E-state index in [0.29, 0.717) is 5.76 Å². The molecule has 1 heterocycles. The highest BCUT2D eigenvalue weighted by Gasteiger charge is 2.21. The van der Waals surface area contributed by atoms with E-state index in [1.165, 1.54) is 0 Å². The molecule has 0 aliphatic carbocycles. The molecule has 2 rings (SSSR count). The number of Topliss-reactive ketones (excluding diaryl/α,β-unsaturated/α-hetero) is 1. The molecule has 0 N–H and O–H groups in total. The smallest absolute Gasteiger partial charge is 0.200 e. The number of carbonyl (C=O) groups excluding carboxylic acids is 1. The molecule has 4 heteroatoms. The Labute approximate surface area is 181 Å². The van der Waals surface area contributed by atoms with Crippen LogP contribution in [0.5, 0.6) is 0 Å². The highest BCUT2D eigenvalue weighted by atomic mass is 35.5. The Morgan fingerprint density at radius 3 is 2.41 bits per heavy atom. The van der Waals surface area contributed by atoms with Gasteiger partial charge in [0.25, 0.3) is 0 Å². The average Bonchev–Trinajstić information content (AvgIpc) is 3.03. The van der Waals surface area contributed by atoms with Crippen LogP contribution >= 0.6 is 20.8 Å². The van der Waals surface area contributed by atoms with E-state index in [1.807, 2.05) is 32.0 Å². The molecule has 0 radical (unpaired) electrons. The van der Waals surface area contributed by atoms with Gasteiger partial charge in [0.05, 0.1) is 0 Å². The van der Waals surface area contributed by atoms with Gasteiger partial charge in [0.15, 0.2) is 5.76 Å². The van der Waals surface area contributed by atoms with Gasteiger partial charge in [-0.05, 0) is 53.4 Å². The maximum absolute atomic E-state index is 12.6. The summed E-state index contributed by atoms with van der Waals surface area (Å²) in [5, 5.41) is 2.68. The normalized spacial score (nSPS) is 14.6. The fourth-order valence-electron chi connectivity index (χ4n) is 3.10. The SMILES string of the molecule is CC\C=c1/cc(C(=O)C(C)C)o/c1=C(/C=C(\C)c1ccc(Cl)c(P)c1)C(C)(C)C. The van der Waals surface area contributed by atoms with Gasteiger partial charge in [-0.15, -0.1) is 9.24 Å². The number of hydrogen-bond acceptors (Lipinski definition) is 2. The van der Waals surface area contributed by atoms with E-state index in [9.17, 15) is 4.79 Å². The largest absolute Gasteiger partial charge is 0.453 e. The number of rotatable bonds is 5. The summed E-state index contributed by atoms with van der Waals surface area (Å²) < 4.78 is 6.17. The van der Waals surface area contributed by atoms with Crippen LogP contribution in [0.15, 0.2) is 34.8 Å². The molecule has 0 saturated heterocycles. The second-order valence-electron chi connectivity index (χ2n) is 8.75. The molecule has 0 saturated carbocycles. The van der Waals surface area contributed by atoms with Gasteiger partial charge in [-0.3, -0.25) is 4.79 Å². The third-order valence-electron chi connectivity index (χ3n) is 4.82. The summed E-state index contributed by atoms with van der Waals surface area (Å²) in [7, 11) is 2.67. The lowest BCUT2D eigenvalue weighted by Crippen LogP contribution is -2.27. The van der Waals surface area contributed by atoms with Gasteiger partial charge in [-0.1, -0.05) is 71.4 Å². The fourth-order valence-corrected chi connectivity index (χ4v) is 3.50. The van der Waals surface area contributed by atoms with Crippen LogP contribution in [0.25, 0.3) is 17.2 Å². The molecule has 0 bridgehead atoms. The molecule has 0 spiro atoms. The first kappa shape index (κ1) is 23.6. The monoisotopic (exact) mass is 430 g/mol. The molecule has 0 aliphatic heterocycles. The number of furan rings is 1. The number of hydrogen-bond donors (Lipinski definition) is 0. The van der Waals surface area contributed by atoms with Crippen molar-refractivity contribution in [3.63, 3.8) is 0 Å². The Hall–Kier alpha value is -1.63. The van der Waals surface area contributed by atoms with E-state index in [1.54, 1.807) is 0 Å². The van der Waals surface area contributed by atoms with Crippen molar-refractivity contribution in [3.8, 4) is 0 Å². The Kier molecular flexibility index (Phi) is 7.71. The molecule has 29 heavy (non-hydrogen) atoms. The second-order valence-corrected chi connectivity index (χ2v) is 9.78. The van der Waals surface area contributed by atoms with Gasteiger partial charge in [-0.25, -0.2) is 0 Å². The zero-order valence-electron chi connectivity index (χ0n) is 18.5. The lowest BCUT2D eigenvalue weighted by molar-refractivity contribution is 0.0909. The zero-order valence-corrected chi connectivity index (χ0v) is 20.4. The molecule has 1 aromatic heterocycles. The van der Waals surface area contributed by atoms with E-state index in [-0.39, 0.29) is 17.1 Å². The molecule has 0 aliphatic rings. The van der Waals surface area contributed by atoms with Gasteiger partial charge in [-0.2, -0.15) is 0 Å². The molecule has 0 fully saturated rings. The maximum atomic E-state index is 12.6. The van der Waals surface area contributed by atoms with Crippen molar-refractivity contribution >= 4 is 49.2 Å². The van der Waals surface area contributed by atoms with Crippen LogP contribution < -0.4 is 15.9 Å². The third kappa shape index (κ3) is 5.71. The molecule has 2 nitrogen and oxygen atoms in total. The van der Waals surface area contributed by atoms with Gasteiger partial charge in [0.1, 0.15) is 5.42 Å². The van der Waals surface area contributed by atoms with E-state index in [2.05, 4.69) is 62.1 Å². The van der Waals surface area contributed by atoms with Gasteiger partial charge < -0.3 is 4.42 Å². The second kappa shape index (κ2) is 9.45. The molecule has 1 unspecified atom stereocenters.